The first-order valence-corrected chi connectivity index (χ1v) is 30.4. The molecule has 6 heterocycles. The van der Waals surface area contributed by atoms with Crippen molar-refractivity contribution < 1.29 is 63.9 Å². The van der Waals surface area contributed by atoms with Gasteiger partial charge >= 0.3 is 11.9 Å². The van der Waals surface area contributed by atoms with Crippen LogP contribution >= 0.6 is 22.7 Å². The van der Waals surface area contributed by atoms with E-state index in [1.54, 1.807) is 61.3 Å². The van der Waals surface area contributed by atoms with E-state index in [2.05, 4.69) is 29.7 Å². The zero-order chi connectivity index (χ0) is 60.8. The fraction of sp³-hybridized carbons (Fsp3) is 0.241. The Balaban J connectivity index is 0.000000179. The number of hydrogen-bond donors (Lipinski definition) is 4. The highest BCUT2D eigenvalue weighted by Crippen LogP contribution is 2.43. The van der Waals surface area contributed by atoms with Crippen LogP contribution in [0.1, 0.15) is 103 Å². The van der Waals surface area contributed by atoms with Crippen LogP contribution in [-0.4, -0.2) is 79.5 Å². The number of carboxylic acids is 2. The van der Waals surface area contributed by atoms with Gasteiger partial charge in [0, 0.05) is 90.9 Å². The van der Waals surface area contributed by atoms with E-state index in [0.717, 1.165) is 66.2 Å². The average Bonchev–Trinajstić information content (AvgIpc) is 1.82. The fourth-order valence-corrected chi connectivity index (χ4v) is 12.4. The number of hydrogen-bond acceptors (Lipinski definition) is 16. The molecule has 0 saturated heterocycles. The molecule has 2 unspecified atom stereocenters. The SMILES string of the molecule is Cc1noc(C)c1-c1cc(-c2c(Cc3ccc(NS(=O)[O-])cc3F)c(CC3CC3)nn2-c2nc(C(=O)O)cs2)ccc1F.Cc1noc(C)c1-c1cc(-c2nn(-c3nc(C(=O)O)cs3)c(CC3CC3)c2Cc2ccc(NS(=O)[O-])cc2F)ccc1F. The van der Waals surface area contributed by atoms with Crippen molar-refractivity contribution in [2.24, 2.45) is 11.8 Å². The quantitative estimate of drug-likeness (QED) is 0.0407. The Labute approximate surface area is 499 Å². The molecule has 10 aromatic rings. The number of carbonyl (C=O) groups is 2. The molecule has 20 nitrogen and oxygen atoms in total. The zero-order valence-corrected chi connectivity index (χ0v) is 49.0. The van der Waals surface area contributed by atoms with Crippen molar-refractivity contribution in [3.63, 3.8) is 0 Å². The number of aromatic carboxylic acids is 2. The van der Waals surface area contributed by atoms with Gasteiger partial charge in [0.1, 0.15) is 34.8 Å². The summed E-state index contributed by atoms with van der Waals surface area (Å²) in [6, 6.07) is 17.3. The number of nitrogens with zero attached hydrogens (tertiary/aromatic N) is 8. The van der Waals surface area contributed by atoms with Crippen LogP contribution in [0, 0.1) is 62.8 Å². The smallest absolute Gasteiger partial charge is 0.355 e. The van der Waals surface area contributed by atoms with E-state index >= 15 is 17.6 Å². The summed E-state index contributed by atoms with van der Waals surface area (Å²) in [5.41, 5.74) is 7.91. The first-order chi connectivity index (χ1) is 41.2. The molecular weight excluding hydrogens is 1200 g/mol. The number of nitrogens with one attached hydrogen (secondary N) is 2. The summed E-state index contributed by atoms with van der Waals surface area (Å²) in [6.07, 6.45) is 5.43. The topological polar surface area (TPSA) is 292 Å². The Morgan fingerprint density at radius 1 is 0.628 bits per heavy atom. The highest BCUT2D eigenvalue weighted by molar-refractivity contribution is 7.80. The van der Waals surface area contributed by atoms with Crippen LogP contribution in [-0.2, 0) is 48.2 Å². The van der Waals surface area contributed by atoms with Crippen molar-refractivity contribution in [2.45, 2.75) is 79.1 Å². The van der Waals surface area contributed by atoms with E-state index in [9.17, 15) is 37.3 Å². The highest BCUT2D eigenvalue weighted by Gasteiger charge is 2.33. The number of aryl methyl sites for hydroxylation is 4. The van der Waals surface area contributed by atoms with E-state index in [-0.39, 0.29) is 51.9 Å². The second kappa shape index (κ2) is 24.4. The summed E-state index contributed by atoms with van der Waals surface area (Å²) < 4.78 is 123. The number of anilines is 2. The largest absolute Gasteiger partial charge is 0.755 e. The molecule has 0 amide bonds. The molecule has 2 saturated carbocycles. The van der Waals surface area contributed by atoms with Gasteiger partial charge in [-0.3, -0.25) is 8.42 Å². The van der Waals surface area contributed by atoms with Crippen LogP contribution in [0.15, 0.2) is 92.6 Å². The summed E-state index contributed by atoms with van der Waals surface area (Å²) in [5, 5.41) is 40.1. The number of benzene rings is 4. The Hall–Kier alpha value is -8.54. The monoisotopic (exact) mass is 1250 g/mol. The van der Waals surface area contributed by atoms with Crippen molar-refractivity contribution in [2.75, 3.05) is 9.44 Å². The molecule has 2 atom stereocenters. The number of carboxylic acid groups (broad SMARTS) is 2. The lowest BCUT2D eigenvalue weighted by molar-refractivity contribution is 0.0680. The third-order valence-electron chi connectivity index (χ3n) is 14.6. The summed E-state index contributed by atoms with van der Waals surface area (Å²) >= 11 is -3.01. The zero-order valence-electron chi connectivity index (χ0n) is 45.8. The molecule has 6 aromatic heterocycles. The molecule has 4 aromatic carbocycles. The van der Waals surface area contributed by atoms with Crippen LogP contribution < -0.4 is 9.44 Å². The van der Waals surface area contributed by atoms with Crippen molar-refractivity contribution >= 4 is 68.5 Å². The van der Waals surface area contributed by atoms with Crippen molar-refractivity contribution in [1.29, 1.82) is 0 Å². The predicted molar refractivity (Wildman–Crippen MR) is 309 cm³/mol. The van der Waals surface area contributed by atoms with Gasteiger partial charge in [-0.25, -0.2) is 46.5 Å². The third kappa shape index (κ3) is 12.7. The van der Waals surface area contributed by atoms with Gasteiger partial charge in [-0.05, 0) is 150 Å². The van der Waals surface area contributed by atoms with Crippen LogP contribution in [0.3, 0.4) is 0 Å². The van der Waals surface area contributed by atoms with E-state index in [1.165, 1.54) is 47.2 Å². The Bertz CT molecular complexity index is 4230. The van der Waals surface area contributed by atoms with Gasteiger partial charge in [-0.15, -0.1) is 22.7 Å². The fourth-order valence-electron chi connectivity index (χ4n) is 10.2. The lowest BCUT2D eigenvalue weighted by Crippen LogP contribution is -2.07. The minimum atomic E-state index is -2.61. The van der Waals surface area contributed by atoms with E-state index in [0.29, 0.717) is 114 Å². The molecule has 0 radical (unpaired) electrons. The maximum absolute atomic E-state index is 15.3. The first kappa shape index (κ1) is 59.2. The third-order valence-corrected chi connectivity index (χ3v) is 17.1. The van der Waals surface area contributed by atoms with Crippen LogP contribution in [0.4, 0.5) is 28.9 Å². The molecular formula is C58H48F4N10O10S4-2. The van der Waals surface area contributed by atoms with Crippen LogP contribution in [0.5, 0.6) is 0 Å². The summed E-state index contributed by atoms with van der Waals surface area (Å²) in [6.45, 7) is 6.82. The van der Waals surface area contributed by atoms with Crippen LogP contribution in [0.2, 0.25) is 0 Å². The lowest BCUT2D eigenvalue weighted by Gasteiger charge is -2.13. The van der Waals surface area contributed by atoms with Crippen molar-refractivity contribution in [3.8, 4) is 55.0 Å². The molecule has 2 aliphatic rings. The number of aromatic nitrogens is 8. The summed E-state index contributed by atoms with van der Waals surface area (Å²) in [5.74, 6) is -2.91. The maximum atomic E-state index is 15.3. The lowest BCUT2D eigenvalue weighted by atomic mass is 9.94. The normalized spacial score (nSPS) is 13.8. The van der Waals surface area contributed by atoms with Crippen molar-refractivity contribution in [1.82, 2.24) is 39.8 Å². The second-order valence-corrected chi connectivity index (χ2v) is 23.8. The molecule has 2 aliphatic carbocycles. The maximum Gasteiger partial charge on any atom is 0.355 e. The highest BCUT2D eigenvalue weighted by atomic mass is 32.2. The molecule has 0 bridgehead atoms. The predicted octanol–water partition coefficient (Wildman–Crippen LogP) is 12.0. The molecule has 0 spiro atoms. The van der Waals surface area contributed by atoms with Gasteiger partial charge in [0.05, 0.1) is 45.3 Å². The van der Waals surface area contributed by atoms with Gasteiger partial charge in [-0.1, -0.05) is 22.4 Å². The van der Waals surface area contributed by atoms with Gasteiger partial charge in [0.2, 0.25) is 10.3 Å². The van der Waals surface area contributed by atoms with Gasteiger partial charge in [0.25, 0.3) is 0 Å². The Morgan fingerprint density at radius 2 is 1.10 bits per heavy atom. The molecule has 0 aliphatic heterocycles. The van der Waals surface area contributed by atoms with E-state index in [4.69, 9.17) is 19.2 Å². The molecule has 444 valence electrons. The number of halogens is 4. The Kier molecular flexibility index (Phi) is 16.8. The molecule has 86 heavy (non-hydrogen) atoms. The minimum Gasteiger partial charge on any atom is -0.755 e. The standard InChI is InChI=1S/2C29H25F2N5O5S2/c1-14-26(15(2)41-34-14)20-11-18(6-8-22(20)30)27-21(10-17-5-7-19(12-23(17)31)35-43(39)40)25(9-16-3-4-16)36(33-27)29-32-24(13-42-29)28(37)38;1-14-26(15(2)41-34-14)20-11-18(6-8-22(20)30)27-21(10-17-5-7-19(12-23(17)31)35-43(39)40)24(9-16-3-4-16)33-36(27)29-32-25(13-42-29)28(37)38/h2*5-8,11-13,16,35H,3-4,9-10H2,1-2H3,(H,37,38)(H,39,40)/p-2. The first-order valence-electron chi connectivity index (χ1n) is 26.5. The molecule has 28 heteroatoms. The number of thiazole rings is 2. The van der Waals surface area contributed by atoms with Gasteiger partial charge < -0.3 is 37.8 Å². The van der Waals surface area contributed by atoms with E-state index in [1.807, 2.05) is 0 Å². The van der Waals surface area contributed by atoms with E-state index < -0.39 is 57.7 Å². The van der Waals surface area contributed by atoms with Gasteiger partial charge in [-0.2, -0.15) is 10.2 Å². The van der Waals surface area contributed by atoms with Crippen LogP contribution in [0.25, 0.3) is 55.0 Å². The molecule has 2 fully saturated rings. The number of rotatable bonds is 20. The second-order valence-electron chi connectivity index (χ2n) is 20.7. The summed E-state index contributed by atoms with van der Waals surface area (Å²) in [7, 11) is 0. The average molecular weight is 1250 g/mol. The van der Waals surface area contributed by atoms with Crippen molar-refractivity contribution in [3.05, 3.63) is 175 Å². The minimum absolute atomic E-state index is 0.0790. The summed E-state index contributed by atoms with van der Waals surface area (Å²) in [4.78, 5) is 31.8. The molecule has 4 N–H and O–H groups in total. The Morgan fingerprint density at radius 3 is 1.56 bits per heavy atom. The molecule has 12 rings (SSSR count). The van der Waals surface area contributed by atoms with Gasteiger partial charge in [0.15, 0.2) is 11.4 Å².